The van der Waals surface area contributed by atoms with Gasteiger partial charge in [0.15, 0.2) is 0 Å². The summed E-state index contributed by atoms with van der Waals surface area (Å²) in [6.45, 7) is 3.54. The third kappa shape index (κ3) is 3.17. The molecular weight excluding hydrogens is 292 g/mol. The number of nitrogen functional groups attached to an aromatic ring is 1. The van der Waals surface area contributed by atoms with E-state index in [1.54, 1.807) is 33.1 Å². The van der Waals surface area contributed by atoms with Gasteiger partial charge in [0, 0.05) is 12.1 Å². The van der Waals surface area contributed by atoms with Crippen molar-refractivity contribution in [2.75, 3.05) is 12.8 Å². The zero-order valence-electron chi connectivity index (χ0n) is 12.1. The van der Waals surface area contributed by atoms with Gasteiger partial charge < -0.3 is 10.5 Å². The number of hydrogen-bond donors (Lipinski definition) is 3. The standard InChI is InChI=1S/C13H18N4O3S/c1-8-4-11(20-3)5-9(2)12(8)21(18,19)16-7-10-6-15-17-13(10)14/h4-6,16H,7H2,1-3H3,(H3,14,15,17). The molecule has 0 radical (unpaired) electrons. The number of H-pyrrole nitrogens is 1. The Morgan fingerprint density at radius 2 is 1.95 bits per heavy atom. The molecule has 1 aromatic carbocycles. The second-order valence-electron chi connectivity index (χ2n) is 4.72. The summed E-state index contributed by atoms with van der Waals surface area (Å²) in [7, 11) is -2.10. The predicted molar refractivity (Wildman–Crippen MR) is 79.5 cm³/mol. The fourth-order valence-corrected chi connectivity index (χ4v) is 3.61. The Morgan fingerprint density at radius 1 is 1.33 bits per heavy atom. The zero-order valence-corrected chi connectivity index (χ0v) is 12.9. The smallest absolute Gasteiger partial charge is 0.241 e. The first kappa shape index (κ1) is 15.3. The number of rotatable bonds is 5. The van der Waals surface area contributed by atoms with Gasteiger partial charge >= 0.3 is 0 Å². The highest BCUT2D eigenvalue weighted by atomic mass is 32.2. The molecule has 0 unspecified atom stereocenters. The van der Waals surface area contributed by atoms with Gasteiger partial charge in [0.05, 0.1) is 18.2 Å². The molecule has 0 spiro atoms. The zero-order chi connectivity index (χ0) is 15.6. The van der Waals surface area contributed by atoms with Gasteiger partial charge in [0.25, 0.3) is 0 Å². The van der Waals surface area contributed by atoms with Crippen LogP contribution in [0, 0.1) is 13.8 Å². The first-order valence-corrected chi connectivity index (χ1v) is 7.76. The summed E-state index contributed by atoms with van der Waals surface area (Å²) in [5, 5.41) is 6.31. The topological polar surface area (TPSA) is 110 Å². The lowest BCUT2D eigenvalue weighted by Gasteiger charge is -2.13. The largest absolute Gasteiger partial charge is 0.497 e. The van der Waals surface area contributed by atoms with Crippen LogP contribution in [0.1, 0.15) is 16.7 Å². The van der Waals surface area contributed by atoms with Crippen molar-refractivity contribution < 1.29 is 13.2 Å². The second-order valence-corrected chi connectivity index (χ2v) is 6.43. The molecule has 0 aliphatic heterocycles. The van der Waals surface area contributed by atoms with Crippen molar-refractivity contribution in [1.29, 1.82) is 0 Å². The lowest BCUT2D eigenvalue weighted by atomic mass is 10.1. The van der Waals surface area contributed by atoms with Gasteiger partial charge in [0.2, 0.25) is 10.0 Å². The summed E-state index contributed by atoms with van der Waals surface area (Å²) in [6.07, 6.45) is 1.49. The van der Waals surface area contributed by atoms with E-state index in [1.165, 1.54) is 6.20 Å². The number of methoxy groups -OCH3 is 1. The van der Waals surface area contributed by atoms with E-state index in [-0.39, 0.29) is 11.4 Å². The molecule has 0 saturated heterocycles. The quantitative estimate of drug-likeness (QED) is 0.766. The summed E-state index contributed by atoms with van der Waals surface area (Å²) in [6, 6.07) is 3.38. The molecule has 0 saturated carbocycles. The molecule has 0 fully saturated rings. The number of ether oxygens (including phenoxy) is 1. The van der Waals surface area contributed by atoms with Crippen molar-refractivity contribution in [1.82, 2.24) is 14.9 Å². The van der Waals surface area contributed by atoms with E-state index in [0.29, 0.717) is 28.3 Å². The average Bonchev–Trinajstić information content (AvgIpc) is 2.80. The van der Waals surface area contributed by atoms with Gasteiger partial charge in [-0.05, 0) is 37.1 Å². The van der Waals surface area contributed by atoms with E-state index in [2.05, 4.69) is 14.9 Å². The van der Waals surface area contributed by atoms with Crippen LogP contribution < -0.4 is 15.2 Å². The second kappa shape index (κ2) is 5.74. The van der Waals surface area contributed by atoms with Crippen LogP contribution in [0.3, 0.4) is 0 Å². The first-order chi connectivity index (χ1) is 9.85. The van der Waals surface area contributed by atoms with Gasteiger partial charge in [-0.2, -0.15) is 5.10 Å². The third-order valence-corrected chi connectivity index (χ3v) is 4.85. The number of sulfonamides is 1. The number of nitrogens with one attached hydrogen (secondary N) is 2. The van der Waals surface area contributed by atoms with Crippen LogP contribution in [0.25, 0.3) is 0 Å². The molecule has 1 heterocycles. The molecule has 4 N–H and O–H groups in total. The predicted octanol–water partition coefficient (Wildman–Crippen LogP) is 1.10. The van der Waals surface area contributed by atoms with Crippen LogP contribution in [0.15, 0.2) is 23.2 Å². The molecular formula is C13H18N4O3S. The van der Waals surface area contributed by atoms with Gasteiger partial charge in [0.1, 0.15) is 11.6 Å². The molecule has 114 valence electrons. The Kier molecular flexibility index (Phi) is 4.19. The number of aryl methyl sites for hydroxylation is 2. The number of anilines is 1. The number of hydrogen-bond acceptors (Lipinski definition) is 5. The van der Waals surface area contributed by atoms with Crippen LogP contribution in [-0.4, -0.2) is 25.7 Å². The molecule has 0 atom stereocenters. The van der Waals surface area contributed by atoms with Crippen molar-refractivity contribution in [3.8, 4) is 5.75 Å². The maximum Gasteiger partial charge on any atom is 0.241 e. The van der Waals surface area contributed by atoms with Crippen LogP contribution >= 0.6 is 0 Å². The van der Waals surface area contributed by atoms with Crippen molar-refractivity contribution in [3.63, 3.8) is 0 Å². The molecule has 0 aliphatic carbocycles. The number of aromatic nitrogens is 2. The normalized spacial score (nSPS) is 11.6. The fourth-order valence-electron chi connectivity index (χ4n) is 2.16. The molecule has 2 aromatic rings. The minimum Gasteiger partial charge on any atom is -0.497 e. The molecule has 21 heavy (non-hydrogen) atoms. The monoisotopic (exact) mass is 310 g/mol. The van der Waals surface area contributed by atoms with E-state index in [4.69, 9.17) is 10.5 Å². The van der Waals surface area contributed by atoms with Crippen molar-refractivity contribution in [2.45, 2.75) is 25.3 Å². The summed E-state index contributed by atoms with van der Waals surface area (Å²) >= 11 is 0. The van der Waals surface area contributed by atoms with E-state index in [0.717, 1.165) is 0 Å². The van der Waals surface area contributed by atoms with Crippen LogP contribution in [0.4, 0.5) is 5.82 Å². The third-order valence-electron chi connectivity index (χ3n) is 3.14. The number of aromatic amines is 1. The van der Waals surface area contributed by atoms with Gasteiger partial charge in [-0.1, -0.05) is 0 Å². The van der Waals surface area contributed by atoms with Gasteiger partial charge in [-0.15, -0.1) is 0 Å². The number of nitrogens with two attached hydrogens (primary N) is 1. The SMILES string of the molecule is COc1cc(C)c(S(=O)(=O)NCc2cn[nH]c2N)c(C)c1. The van der Waals surface area contributed by atoms with Crippen LogP contribution in [0.5, 0.6) is 5.75 Å². The molecule has 0 aliphatic rings. The fraction of sp³-hybridized carbons (Fsp3) is 0.308. The maximum absolute atomic E-state index is 12.5. The van der Waals surface area contributed by atoms with Crippen LogP contribution in [-0.2, 0) is 16.6 Å². The number of benzene rings is 1. The van der Waals surface area contributed by atoms with Crippen molar-refractivity contribution in [2.24, 2.45) is 0 Å². The lowest BCUT2D eigenvalue weighted by Crippen LogP contribution is -2.25. The van der Waals surface area contributed by atoms with E-state index < -0.39 is 10.0 Å². The molecule has 8 heteroatoms. The molecule has 2 rings (SSSR count). The average molecular weight is 310 g/mol. The summed E-state index contributed by atoms with van der Waals surface area (Å²) in [5.74, 6) is 0.976. The van der Waals surface area contributed by atoms with Gasteiger partial charge in [-0.3, -0.25) is 5.10 Å². The number of nitrogens with zero attached hydrogens (tertiary/aromatic N) is 1. The Balaban J connectivity index is 2.30. The van der Waals surface area contributed by atoms with Crippen molar-refractivity contribution in [3.05, 3.63) is 35.0 Å². The molecule has 0 bridgehead atoms. The Bertz CT molecular complexity index is 730. The maximum atomic E-state index is 12.5. The highest BCUT2D eigenvalue weighted by Gasteiger charge is 2.20. The van der Waals surface area contributed by atoms with Crippen LogP contribution in [0.2, 0.25) is 0 Å². The first-order valence-electron chi connectivity index (χ1n) is 6.27. The van der Waals surface area contributed by atoms with E-state index >= 15 is 0 Å². The Labute approximate surface area is 123 Å². The minimum atomic E-state index is -3.64. The Hall–Kier alpha value is -2.06. The lowest BCUT2D eigenvalue weighted by molar-refractivity contribution is 0.413. The summed E-state index contributed by atoms with van der Waals surface area (Å²) < 4.78 is 32.6. The highest BCUT2D eigenvalue weighted by Crippen LogP contribution is 2.25. The molecule has 0 amide bonds. The van der Waals surface area contributed by atoms with E-state index in [9.17, 15) is 8.42 Å². The molecule has 7 nitrogen and oxygen atoms in total. The van der Waals surface area contributed by atoms with Gasteiger partial charge in [-0.25, -0.2) is 13.1 Å². The van der Waals surface area contributed by atoms with Crippen molar-refractivity contribution >= 4 is 15.8 Å². The summed E-state index contributed by atoms with van der Waals surface area (Å²) in [5.41, 5.74) is 7.49. The minimum absolute atomic E-state index is 0.0789. The van der Waals surface area contributed by atoms with E-state index in [1.807, 2.05) is 0 Å². The Morgan fingerprint density at radius 3 is 2.43 bits per heavy atom. The molecule has 1 aromatic heterocycles. The summed E-state index contributed by atoms with van der Waals surface area (Å²) in [4.78, 5) is 0.255. The highest BCUT2D eigenvalue weighted by molar-refractivity contribution is 7.89.